The minimum absolute atomic E-state index is 0.225. The maximum Gasteiger partial charge on any atom is 0.335 e. The van der Waals surface area contributed by atoms with Crippen molar-refractivity contribution in [3.63, 3.8) is 0 Å². The van der Waals surface area contributed by atoms with E-state index in [-0.39, 0.29) is 5.56 Å². The molecule has 2 heterocycles. The molecule has 124 valence electrons. The lowest BCUT2D eigenvalue weighted by atomic mass is 10.2. The van der Waals surface area contributed by atoms with Gasteiger partial charge in [-0.25, -0.2) is 9.48 Å². The van der Waals surface area contributed by atoms with Crippen molar-refractivity contribution in [3.05, 3.63) is 72.2 Å². The van der Waals surface area contributed by atoms with E-state index in [1.54, 1.807) is 40.7 Å². The Morgan fingerprint density at radius 1 is 1.20 bits per heavy atom. The van der Waals surface area contributed by atoms with Crippen LogP contribution in [0.25, 0.3) is 16.6 Å². The Balaban J connectivity index is 1.52. The number of para-hydroxylation sites is 1. The van der Waals surface area contributed by atoms with Crippen LogP contribution in [0.4, 0.5) is 0 Å². The van der Waals surface area contributed by atoms with Crippen LogP contribution in [0.2, 0.25) is 0 Å². The molecule has 0 aliphatic rings. The Morgan fingerprint density at radius 3 is 2.96 bits per heavy atom. The lowest BCUT2D eigenvalue weighted by Gasteiger charge is -2.01. The minimum Gasteiger partial charge on any atom is -0.478 e. The summed E-state index contributed by atoms with van der Waals surface area (Å²) in [5, 5.41) is 18.6. The minimum atomic E-state index is -0.961. The van der Waals surface area contributed by atoms with E-state index in [0.29, 0.717) is 11.4 Å². The number of aromatic amines is 1. The molecule has 0 spiro atoms. The summed E-state index contributed by atoms with van der Waals surface area (Å²) in [5.74, 6) is -0.280. The van der Waals surface area contributed by atoms with Crippen LogP contribution in [0.3, 0.4) is 0 Å². The average molecular weight is 350 g/mol. The zero-order chi connectivity index (χ0) is 17.2. The van der Waals surface area contributed by atoms with Crippen LogP contribution in [-0.4, -0.2) is 31.1 Å². The highest BCUT2D eigenvalue weighted by atomic mass is 32.2. The summed E-state index contributed by atoms with van der Waals surface area (Å²) in [4.78, 5) is 15.5. The van der Waals surface area contributed by atoms with E-state index in [4.69, 9.17) is 5.11 Å². The highest BCUT2D eigenvalue weighted by Crippen LogP contribution is 2.29. The third-order valence-corrected chi connectivity index (χ3v) is 4.91. The van der Waals surface area contributed by atoms with Crippen molar-refractivity contribution in [3.8, 4) is 5.69 Å². The van der Waals surface area contributed by atoms with Crippen LogP contribution >= 0.6 is 11.8 Å². The van der Waals surface area contributed by atoms with E-state index >= 15 is 0 Å². The number of H-pyrrole nitrogens is 1. The molecule has 0 unspecified atom stereocenters. The highest BCUT2D eigenvalue weighted by Gasteiger charge is 2.09. The van der Waals surface area contributed by atoms with E-state index in [1.807, 2.05) is 30.6 Å². The van der Waals surface area contributed by atoms with Gasteiger partial charge in [0.15, 0.2) is 0 Å². The van der Waals surface area contributed by atoms with E-state index in [0.717, 1.165) is 16.1 Å². The van der Waals surface area contributed by atoms with Crippen molar-refractivity contribution in [2.45, 2.75) is 10.6 Å². The quantitative estimate of drug-likeness (QED) is 0.536. The van der Waals surface area contributed by atoms with Crippen LogP contribution in [0.5, 0.6) is 0 Å². The van der Waals surface area contributed by atoms with Crippen molar-refractivity contribution in [1.82, 2.24) is 20.0 Å². The number of nitrogens with one attached hydrogen (secondary N) is 1. The van der Waals surface area contributed by atoms with Crippen molar-refractivity contribution in [1.29, 1.82) is 0 Å². The van der Waals surface area contributed by atoms with Crippen molar-refractivity contribution in [2.24, 2.45) is 0 Å². The fourth-order valence-corrected chi connectivity index (χ4v) is 3.50. The first-order valence-corrected chi connectivity index (χ1v) is 8.63. The number of fused-ring (bicyclic) bond motifs is 1. The molecule has 2 N–H and O–H groups in total. The molecule has 25 heavy (non-hydrogen) atoms. The summed E-state index contributed by atoms with van der Waals surface area (Å²) in [5.41, 5.74) is 2.84. The van der Waals surface area contributed by atoms with Crippen LogP contribution < -0.4 is 0 Å². The van der Waals surface area contributed by atoms with E-state index in [2.05, 4.69) is 21.4 Å². The molecule has 0 saturated carbocycles. The molecule has 0 amide bonds. The third kappa shape index (κ3) is 3.14. The van der Waals surface area contributed by atoms with Gasteiger partial charge in [-0.2, -0.15) is 0 Å². The molecule has 0 atom stereocenters. The molecule has 0 bridgehead atoms. The third-order valence-electron chi connectivity index (χ3n) is 3.83. The summed E-state index contributed by atoms with van der Waals surface area (Å²) in [6.07, 6.45) is 3.82. The number of carboxylic acid groups (broad SMARTS) is 1. The number of carbonyl (C=O) groups is 1. The van der Waals surface area contributed by atoms with Gasteiger partial charge in [-0.1, -0.05) is 29.5 Å². The van der Waals surface area contributed by atoms with Gasteiger partial charge in [-0.3, -0.25) is 0 Å². The smallest absolute Gasteiger partial charge is 0.335 e. The Bertz CT molecular complexity index is 1050. The Hall–Kier alpha value is -3.06. The number of nitrogens with zero attached hydrogens (tertiary/aromatic N) is 3. The maximum atomic E-state index is 11.1. The highest BCUT2D eigenvalue weighted by molar-refractivity contribution is 7.98. The van der Waals surface area contributed by atoms with Gasteiger partial charge in [-0.15, -0.1) is 16.9 Å². The zero-order valence-electron chi connectivity index (χ0n) is 13.1. The van der Waals surface area contributed by atoms with Crippen LogP contribution in [-0.2, 0) is 5.75 Å². The largest absolute Gasteiger partial charge is 0.478 e. The Labute approximate surface area is 147 Å². The predicted octanol–water partition coefficient (Wildman–Crippen LogP) is 3.74. The van der Waals surface area contributed by atoms with Gasteiger partial charge < -0.3 is 10.1 Å². The number of aromatic carboxylic acids is 1. The van der Waals surface area contributed by atoms with Gasteiger partial charge >= 0.3 is 5.97 Å². The maximum absolute atomic E-state index is 11.1. The normalized spacial score (nSPS) is 11.0. The molecule has 4 aromatic rings. The summed E-state index contributed by atoms with van der Waals surface area (Å²) in [7, 11) is 0. The first-order chi connectivity index (χ1) is 12.2. The van der Waals surface area contributed by atoms with Crippen LogP contribution in [0.1, 0.15) is 16.1 Å². The average Bonchev–Trinajstić information content (AvgIpc) is 3.27. The van der Waals surface area contributed by atoms with E-state index in [9.17, 15) is 4.79 Å². The molecular formula is C18H14N4O2S. The molecule has 2 aromatic heterocycles. The van der Waals surface area contributed by atoms with Crippen molar-refractivity contribution in [2.75, 3.05) is 0 Å². The van der Waals surface area contributed by atoms with Gasteiger partial charge in [-0.05, 0) is 24.3 Å². The number of hydrogen-bond donors (Lipinski definition) is 2. The molecular weight excluding hydrogens is 336 g/mol. The summed E-state index contributed by atoms with van der Waals surface area (Å²) in [6.45, 7) is 0. The monoisotopic (exact) mass is 350 g/mol. The summed E-state index contributed by atoms with van der Waals surface area (Å²) >= 11 is 1.69. The van der Waals surface area contributed by atoms with Gasteiger partial charge in [0, 0.05) is 27.7 Å². The van der Waals surface area contributed by atoms with Crippen LogP contribution in [0.15, 0.2) is 65.8 Å². The SMILES string of the molecule is O=C(O)c1cccc(-n2cc(CSc3c[nH]c4ccccc34)nn2)c1. The van der Waals surface area contributed by atoms with Crippen LogP contribution in [0, 0.1) is 0 Å². The van der Waals surface area contributed by atoms with Crippen molar-refractivity contribution < 1.29 is 9.90 Å². The van der Waals surface area contributed by atoms with Gasteiger partial charge in [0.1, 0.15) is 0 Å². The predicted molar refractivity (Wildman–Crippen MR) is 96.2 cm³/mol. The lowest BCUT2D eigenvalue weighted by Crippen LogP contribution is -2.00. The first kappa shape index (κ1) is 15.5. The first-order valence-electron chi connectivity index (χ1n) is 7.64. The number of hydrogen-bond acceptors (Lipinski definition) is 4. The second kappa shape index (κ2) is 6.45. The van der Waals surface area contributed by atoms with Crippen molar-refractivity contribution >= 4 is 28.6 Å². The molecule has 2 aromatic carbocycles. The second-order valence-corrected chi connectivity index (χ2v) is 6.51. The topological polar surface area (TPSA) is 83.8 Å². The number of carboxylic acids is 1. The zero-order valence-corrected chi connectivity index (χ0v) is 13.9. The van der Waals surface area contributed by atoms with Gasteiger partial charge in [0.05, 0.1) is 23.1 Å². The lowest BCUT2D eigenvalue weighted by molar-refractivity contribution is 0.0697. The van der Waals surface area contributed by atoms with Gasteiger partial charge in [0.25, 0.3) is 0 Å². The molecule has 7 heteroatoms. The molecule has 0 radical (unpaired) electrons. The number of benzene rings is 2. The molecule has 0 saturated heterocycles. The molecule has 0 aliphatic carbocycles. The molecule has 0 aliphatic heterocycles. The molecule has 6 nitrogen and oxygen atoms in total. The fraction of sp³-hybridized carbons (Fsp3) is 0.0556. The summed E-state index contributed by atoms with van der Waals surface area (Å²) in [6, 6.07) is 14.8. The molecule has 0 fully saturated rings. The Morgan fingerprint density at radius 2 is 2.08 bits per heavy atom. The standard InChI is InChI=1S/C18H14N4O2S/c23-18(24)12-4-3-5-14(8-12)22-10-13(20-21-22)11-25-17-9-19-16-7-2-1-6-15(16)17/h1-10,19H,11H2,(H,23,24). The number of aromatic nitrogens is 4. The Kier molecular flexibility index (Phi) is 3.99. The fourth-order valence-electron chi connectivity index (χ4n) is 2.59. The van der Waals surface area contributed by atoms with Gasteiger partial charge in [0.2, 0.25) is 0 Å². The second-order valence-electron chi connectivity index (χ2n) is 5.50. The van der Waals surface area contributed by atoms with E-state index < -0.39 is 5.97 Å². The van der Waals surface area contributed by atoms with E-state index in [1.165, 1.54) is 5.39 Å². The summed E-state index contributed by atoms with van der Waals surface area (Å²) < 4.78 is 1.59. The molecule has 4 rings (SSSR count). The number of thioether (sulfide) groups is 1. The number of rotatable bonds is 5.